The van der Waals surface area contributed by atoms with Gasteiger partial charge in [-0.2, -0.15) is 0 Å². The number of nitrogens with one attached hydrogen (secondary N) is 1. The minimum atomic E-state index is -0.329. The predicted octanol–water partition coefficient (Wildman–Crippen LogP) is 10.5. The van der Waals surface area contributed by atoms with Gasteiger partial charge in [-0.15, -0.1) is 0 Å². The highest BCUT2D eigenvalue weighted by atomic mass is 16.6. The summed E-state index contributed by atoms with van der Waals surface area (Å²) in [6.07, 6.45) is 4.15. The fraction of sp³-hybridized carbons (Fsp3) is 0. The molecule has 0 radical (unpaired) electrons. The third kappa shape index (κ3) is 4.60. The Morgan fingerprint density at radius 2 is 1.09 bits per heavy atom. The van der Waals surface area contributed by atoms with Crippen LogP contribution in [-0.4, -0.2) is 19.0 Å². The van der Waals surface area contributed by atoms with Gasteiger partial charge in [0, 0.05) is 68.0 Å². The van der Waals surface area contributed by atoms with Gasteiger partial charge in [0.25, 0.3) is 5.69 Å². The average molecular weight is 597 g/mol. The summed E-state index contributed by atoms with van der Waals surface area (Å²) in [6.45, 7) is 0. The molecular weight excluding hydrogens is 568 g/mol. The van der Waals surface area contributed by atoms with Crippen molar-refractivity contribution in [2.45, 2.75) is 0 Å². The van der Waals surface area contributed by atoms with E-state index in [4.69, 9.17) is 0 Å². The second-order valence-corrected chi connectivity index (χ2v) is 11.2. The monoisotopic (exact) mass is 596 g/mol. The lowest BCUT2D eigenvalue weighted by Crippen LogP contribution is -1.96. The molecule has 46 heavy (non-hydrogen) atoms. The summed E-state index contributed by atoms with van der Waals surface area (Å²) in [5.41, 5.74) is 8.42. The van der Waals surface area contributed by atoms with Gasteiger partial charge in [0.2, 0.25) is 0 Å². The Labute approximate surface area is 264 Å². The van der Waals surface area contributed by atoms with E-state index in [0.717, 1.165) is 22.2 Å². The second kappa shape index (κ2) is 11.3. The van der Waals surface area contributed by atoms with Gasteiger partial charge < -0.3 is 14.1 Å². The molecule has 3 heterocycles. The van der Waals surface area contributed by atoms with Crippen molar-refractivity contribution in [2.24, 2.45) is 0 Å². The predicted molar refractivity (Wildman–Crippen MR) is 188 cm³/mol. The first kappa shape index (κ1) is 27.2. The van der Waals surface area contributed by atoms with Crippen LogP contribution in [0, 0.1) is 10.1 Å². The summed E-state index contributed by atoms with van der Waals surface area (Å²) >= 11 is 0. The summed E-state index contributed by atoms with van der Waals surface area (Å²) < 4.78 is 4.35. The molecule has 3 aromatic heterocycles. The van der Waals surface area contributed by atoms with Crippen LogP contribution in [0.15, 0.2) is 164 Å². The smallest absolute Gasteiger partial charge is 0.277 e. The molecule has 6 nitrogen and oxygen atoms in total. The van der Waals surface area contributed by atoms with Gasteiger partial charge in [-0.1, -0.05) is 91.0 Å². The van der Waals surface area contributed by atoms with Crippen molar-refractivity contribution in [3.05, 3.63) is 174 Å². The number of aromatic amines is 1. The molecular formula is C40H28N4O2. The Kier molecular flexibility index (Phi) is 6.65. The number of nitrogens with zero attached hydrogens (tertiary/aromatic N) is 3. The summed E-state index contributed by atoms with van der Waals surface area (Å²) in [6, 6.07) is 50.3. The molecule has 0 spiro atoms. The van der Waals surface area contributed by atoms with Gasteiger partial charge in [-0.05, 0) is 54.6 Å². The second-order valence-electron chi connectivity index (χ2n) is 11.2. The number of hydrogen-bond acceptors (Lipinski definition) is 2. The number of nitro benzene ring substituents is 1. The summed E-state index contributed by atoms with van der Waals surface area (Å²) in [4.78, 5) is 14.6. The molecule has 0 unspecified atom stereocenters. The van der Waals surface area contributed by atoms with Crippen LogP contribution in [-0.2, 0) is 0 Å². The zero-order valence-corrected chi connectivity index (χ0v) is 24.7. The number of nitro groups is 1. The molecule has 9 rings (SSSR count). The first-order valence-corrected chi connectivity index (χ1v) is 15.1. The molecule has 0 aliphatic carbocycles. The maximum absolute atomic E-state index is 11.4. The Morgan fingerprint density at radius 1 is 0.500 bits per heavy atom. The molecule has 0 aliphatic heterocycles. The van der Waals surface area contributed by atoms with E-state index in [1.54, 1.807) is 18.2 Å². The summed E-state index contributed by atoms with van der Waals surface area (Å²) in [5.74, 6) is 0. The standard InChI is InChI=1S/C20H14N2O2.C20H14N2/c23-22(24)19-12-5-4-10-17(19)18-11-6-7-15-13-14-21(20(15)18)16-8-2-1-3-9-16;1-2-6-15(7-3-1)22-13-12-14-10-11-18-19(20(14)22)16-8-4-5-9-17(16)21-18/h1-14H;1-13,21H. The molecule has 220 valence electrons. The average Bonchev–Trinajstić information content (AvgIpc) is 3.84. The number of benzene rings is 6. The van der Waals surface area contributed by atoms with Crippen molar-refractivity contribution in [2.75, 3.05) is 0 Å². The van der Waals surface area contributed by atoms with Crippen LogP contribution in [0.4, 0.5) is 5.69 Å². The van der Waals surface area contributed by atoms with E-state index in [-0.39, 0.29) is 10.6 Å². The normalized spacial score (nSPS) is 11.2. The van der Waals surface area contributed by atoms with Crippen LogP contribution in [0.5, 0.6) is 0 Å². The number of fused-ring (bicyclic) bond motifs is 6. The fourth-order valence-corrected chi connectivity index (χ4v) is 6.44. The topological polar surface area (TPSA) is 68.8 Å². The number of H-pyrrole nitrogens is 1. The maximum Gasteiger partial charge on any atom is 0.277 e. The van der Waals surface area contributed by atoms with Crippen molar-refractivity contribution in [1.29, 1.82) is 0 Å². The van der Waals surface area contributed by atoms with Crippen LogP contribution >= 0.6 is 0 Å². The van der Waals surface area contributed by atoms with Crippen molar-refractivity contribution < 1.29 is 4.92 Å². The Balaban J connectivity index is 0.000000136. The molecule has 0 saturated heterocycles. The van der Waals surface area contributed by atoms with E-state index in [1.165, 1.54) is 38.4 Å². The van der Waals surface area contributed by atoms with Crippen molar-refractivity contribution in [1.82, 2.24) is 14.1 Å². The van der Waals surface area contributed by atoms with Gasteiger partial charge in [-0.25, -0.2) is 0 Å². The van der Waals surface area contributed by atoms with Crippen LogP contribution in [0.25, 0.3) is 66.1 Å². The lowest BCUT2D eigenvalue weighted by Gasteiger charge is -2.10. The number of hydrogen-bond donors (Lipinski definition) is 1. The number of para-hydroxylation sites is 5. The molecule has 0 saturated carbocycles. The first-order chi connectivity index (χ1) is 22.7. The molecule has 0 aliphatic rings. The highest BCUT2D eigenvalue weighted by Crippen LogP contribution is 2.37. The quantitative estimate of drug-likeness (QED) is 0.162. The van der Waals surface area contributed by atoms with Gasteiger partial charge in [0.1, 0.15) is 0 Å². The molecule has 9 aromatic rings. The molecule has 0 atom stereocenters. The summed E-state index contributed by atoms with van der Waals surface area (Å²) in [7, 11) is 0. The van der Waals surface area contributed by atoms with Crippen molar-refractivity contribution >= 4 is 49.3 Å². The van der Waals surface area contributed by atoms with Crippen LogP contribution in [0.1, 0.15) is 0 Å². The van der Waals surface area contributed by atoms with Crippen molar-refractivity contribution in [3.8, 4) is 22.5 Å². The van der Waals surface area contributed by atoms with Crippen LogP contribution < -0.4 is 0 Å². The third-order valence-electron chi connectivity index (χ3n) is 8.49. The molecule has 6 aromatic carbocycles. The molecule has 1 N–H and O–H groups in total. The van der Waals surface area contributed by atoms with E-state index >= 15 is 0 Å². The van der Waals surface area contributed by atoms with Gasteiger partial charge >= 0.3 is 0 Å². The third-order valence-corrected chi connectivity index (χ3v) is 8.49. The highest BCUT2D eigenvalue weighted by Gasteiger charge is 2.18. The molecule has 0 bridgehead atoms. The van der Waals surface area contributed by atoms with E-state index in [2.05, 4.69) is 93.1 Å². The zero-order chi connectivity index (χ0) is 31.0. The molecule has 6 heteroatoms. The minimum absolute atomic E-state index is 0.116. The Hall–Kier alpha value is -6.40. The van der Waals surface area contributed by atoms with E-state index in [1.807, 2.05) is 66.9 Å². The van der Waals surface area contributed by atoms with Crippen molar-refractivity contribution in [3.63, 3.8) is 0 Å². The highest BCUT2D eigenvalue weighted by molar-refractivity contribution is 6.19. The zero-order valence-electron chi connectivity index (χ0n) is 24.7. The lowest BCUT2D eigenvalue weighted by molar-refractivity contribution is -0.384. The Morgan fingerprint density at radius 3 is 1.80 bits per heavy atom. The van der Waals surface area contributed by atoms with Gasteiger partial charge in [0.15, 0.2) is 0 Å². The first-order valence-electron chi connectivity index (χ1n) is 15.1. The molecule has 0 amide bonds. The fourth-order valence-electron chi connectivity index (χ4n) is 6.44. The van der Waals surface area contributed by atoms with E-state index < -0.39 is 0 Å². The van der Waals surface area contributed by atoms with Crippen LogP contribution in [0.3, 0.4) is 0 Å². The minimum Gasteiger partial charge on any atom is -0.354 e. The van der Waals surface area contributed by atoms with E-state index in [0.29, 0.717) is 5.56 Å². The summed E-state index contributed by atoms with van der Waals surface area (Å²) in [5, 5.41) is 16.3. The Bertz CT molecular complexity index is 2510. The lowest BCUT2D eigenvalue weighted by atomic mass is 10.0. The SMILES string of the molecule is O=[N+]([O-])c1ccccc1-c1cccc2ccn(-c3ccccc3)c12.c1ccc(-n2ccc3ccc4[nH]c5ccccc5c4c32)cc1. The largest absolute Gasteiger partial charge is 0.354 e. The maximum atomic E-state index is 11.4. The van der Waals surface area contributed by atoms with E-state index in [9.17, 15) is 10.1 Å². The molecule has 0 fully saturated rings. The number of rotatable bonds is 4. The number of aromatic nitrogens is 3. The van der Waals surface area contributed by atoms with Crippen LogP contribution in [0.2, 0.25) is 0 Å². The van der Waals surface area contributed by atoms with Gasteiger partial charge in [-0.3, -0.25) is 10.1 Å². The van der Waals surface area contributed by atoms with Gasteiger partial charge in [0.05, 0.1) is 21.5 Å².